The maximum absolute atomic E-state index is 13.4. The lowest BCUT2D eigenvalue weighted by Crippen LogP contribution is -2.23. The molecule has 6 nitrogen and oxygen atoms in total. The summed E-state index contributed by atoms with van der Waals surface area (Å²) in [4.78, 5) is 33.2. The van der Waals surface area contributed by atoms with Gasteiger partial charge in [0.05, 0.1) is 11.9 Å². The molecule has 31 heavy (non-hydrogen) atoms. The van der Waals surface area contributed by atoms with E-state index in [9.17, 15) is 18.4 Å². The van der Waals surface area contributed by atoms with Crippen molar-refractivity contribution in [1.82, 2.24) is 9.97 Å². The summed E-state index contributed by atoms with van der Waals surface area (Å²) in [6.45, 7) is 0. The van der Waals surface area contributed by atoms with Gasteiger partial charge in [-0.2, -0.15) is 0 Å². The van der Waals surface area contributed by atoms with Crippen molar-refractivity contribution in [2.45, 2.75) is 38.0 Å². The van der Waals surface area contributed by atoms with Crippen LogP contribution in [-0.2, 0) is 4.79 Å². The van der Waals surface area contributed by atoms with E-state index in [1.807, 2.05) is 12.1 Å². The first kappa shape index (κ1) is 20.8. The summed E-state index contributed by atoms with van der Waals surface area (Å²) < 4.78 is 26.7. The third kappa shape index (κ3) is 5.20. The van der Waals surface area contributed by atoms with Gasteiger partial charge in [-0.1, -0.05) is 18.2 Å². The molecule has 1 fully saturated rings. The van der Waals surface area contributed by atoms with E-state index in [1.54, 1.807) is 12.4 Å². The van der Waals surface area contributed by atoms with Crippen molar-refractivity contribution in [3.8, 4) is 0 Å². The topological polar surface area (TPSA) is 84.0 Å². The van der Waals surface area contributed by atoms with E-state index in [1.165, 1.54) is 18.3 Å². The van der Waals surface area contributed by atoms with Crippen LogP contribution in [0.15, 0.2) is 55.0 Å². The fourth-order valence-electron chi connectivity index (χ4n) is 3.74. The third-order valence-corrected chi connectivity index (χ3v) is 5.37. The Kier molecular flexibility index (Phi) is 5.88. The molecule has 8 heteroatoms. The summed E-state index contributed by atoms with van der Waals surface area (Å²) >= 11 is 0. The van der Waals surface area contributed by atoms with Crippen molar-refractivity contribution < 1.29 is 18.4 Å². The smallest absolute Gasteiger partial charge is 0.255 e. The van der Waals surface area contributed by atoms with Gasteiger partial charge in [0.15, 0.2) is 0 Å². The number of hydrogen-bond donors (Lipinski definition) is 2. The van der Waals surface area contributed by atoms with Gasteiger partial charge in [0, 0.05) is 42.3 Å². The van der Waals surface area contributed by atoms with E-state index in [4.69, 9.17) is 0 Å². The predicted molar refractivity (Wildman–Crippen MR) is 114 cm³/mol. The number of amides is 2. The van der Waals surface area contributed by atoms with Gasteiger partial charge in [-0.15, -0.1) is 0 Å². The average Bonchev–Trinajstić information content (AvgIpc) is 3.14. The number of halogens is 2. The van der Waals surface area contributed by atoms with Gasteiger partial charge in [0.25, 0.3) is 5.91 Å². The van der Waals surface area contributed by atoms with Gasteiger partial charge in [0.1, 0.15) is 5.82 Å². The van der Waals surface area contributed by atoms with Crippen molar-refractivity contribution in [3.05, 3.63) is 66.1 Å². The zero-order chi connectivity index (χ0) is 21.8. The van der Waals surface area contributed by atoms with Crippen LogP contribution in [0.2, 0.25) is 0 Å². The summed E-state index contributed by atoms with van der Waals surface area (Å²) in [6.07, 6.45) is 12.3. The molecule has 160 valence electrons. The molecule has 2 aromatic heterocycles. The van der Waals surface area contributed by atoms with E-state index in [2.05, 4.69) is 32.8 Å². The van der Waals surface area contributed by atoms with Gasteiger partial charge in [-0.05, 0) is 43.0 Å². The molecule has 1 atom stereocenters. The molecule has 0 spiro atoms. The highest BCUT2D eigenvalue weighted by atomic mass is 19.3. The first-order valence-electron chi connectivity index (χ1n) is 10.2. The minimum Gasteiger partial charge on any atom is -0.321 e. The number of alkyl halides is 2. The highest BCUT2D eigenvalue weighted by Crippen LogP contribution is 2.39. The number of rotatable bonds is 5. The molecule has 2 amide bonds. The van der Waals surface area contributed by atoms with Gasteiger partial charge in [-0.3, -0.25) is 14.6 Å². The zero-order valence-electron chi connectivity index (χ0n) is 16.8. The second kappa shape index (κ2) is 8.75. The van der Waals surface area contributed by atoms with Gasteiger partial charge in [0.2, 0.25) is 11.8 Å². The van der Waals surface area contributed by atoms with E-state index in [-0.39, 0.29) is 24.2 Å². The Hall–Kier alpha value is -3.42. The second-order valence-corrected chi connectivity index (χ2v) is 7.77. The molecule has 1 saturated carbocycles. The summed E-state index contributed by atoms with van der Waals surface area (Å²) in [5, 5.41) is 5.33. The lowest BCUT2D eigenvalue weighted by molar-refractivity contribution is -0.120. The Morgan fingerprint density at radius 1 is 1.13 bits per heavy atom. The number of pyridine rings is 2. The predicted octanol–water partition coefficient (Wildman–Crippen LogP) is 4.84. The molecule has 2 aromatic rings. The molecule has 1 unspecified atom stereocenters. The molecule has 2 N–H and O–H groups in total. The number of carbonyl (C=O) groups excluding carboxylic acids is 2. The molecular formula is C23H22F2N4O2. The van der Waals surface area contributed by atoms with Crippen LogP contribution in [0.25, 0.3) is 5.57 Å². The van der Waals surface area contributed by atoms with Crippen LogP contribution in [0, 0.1) is 5.92 Å². The third-order valence-electron chi connectivity index (χ3n) is 5.37. The van der Waals surface area contributed by atoms with Crippen molar-refractivity contribution in [2.24, 2.45) is 5.92 Å². The highest BCUT2D eigenvalue weighted by molar-refractivity contribution is 6.05. The van der Waals surface area contributed by atoms with Crippen LogP contribution in [0.3, 0.4) is 0 Å². The SMILES string of the molecule is O=C(Nc1cncc(C2=CCCC=C2)c1)c1ccnc(NC(=O)C2CCC(F)(F)C2)c1. The summed E-state index contributed by atoms with van der Waals surface area (Å²) in [5.41, 5.74) is 2.79. The normalized spacial score (nSPS) is 19.5. The van der Waals surface area contributed by atoms with Crippen LogP contribution in [-0.4, -0.2) is 27.7 Å². The van der Waals surface area contributed by atoms with E-state index >= 15 is 0 Å². The number of allylic oxidation sites excluding steroid dienone is 4. The van der Waals surface area contributed by atoms with Gasteiger partial charge >= 0.3 is 0 Å². The van der Waals surface area contributed by atoms with Gasteiger partial charge in [-0.25, -0.2) is 13.8 Å². The molecule has 0 aliphatic heterocycles. The van der Waals surface area contributed by atoms with Crippen molar-refractivity contribution in [2.75, 3.05) is 10.6 Å². The summed E-state index contributed by atoms with van der Waals surface area (Å²) in [5.74, 6) is -4.31. The maximum atomic E-state index is 13.4. The second-order valence-electron chi connectivity index (χ2n) is 7.77. The van der Waals surface area contributed by atoms with Crippen LogP contribution in [0.1, 0.15) is 48.0 Å². The fourth-order valence-corrected chi connectivity index (χ4v) is 3.74. The molecule has 2 aliphatic carbocycles. The van der Waals surface area contributed by atoms with Crippen LogP contribution < -0.4 is 10.6 Å². The van der Waals surface area contributed by atoms with Crippen molar-refractivity contribution in [1.29, 1.82) is 0 Å². The number of carbonyl (C=O) groups is 2. The van der Waals surface area contributed by atoms with Crippen LogP contribution in [0.4, 0.5) is 20.3 Å². The minimum atomic E-state index is -2.80. The molecular weight excluding hydrogens is 402 g/mol. The molecule has 0 saturated heterocycles. The molecule has 0 radical (unpaired) electrons. The standard InChI is InChI=1S/C23H22F2N4O2/c24-23(25)8-6-17(12-23)22(31)29-20-11-16(7-9-27-20)21(30)28-19-10-18(13-26-14-19)15-4-2-1-3-5-15/h2,4-5,7,9-11,13-14,17H,1,3,6,8,12H2,(H,28,30)(H,27,29,31). The van der Waals surface area contributed by atoms with E-state index in [0.717, 1.165) is 24.0 Å². The van der Waals surface area contributed by atoms with E-state index < -0.39 is 30.1 Å². The average molecular weight is 424 g/mol. The first-order valence-corrected chi connectivity index (χ1v) is 10.2. The van der Waals surface area contributed by atoms with E-state index in [0.29, 0.717) is 5.69 Å². The lowest BCUT2D eigenvalue weighted by atomic mass is 10.0. The number of nitrogens with zero attached hydrogens (tertiary/aromatic N) is 2. The molecule has 0 aromatic carbocycles. The Morgan fingerprint density at radius 3 is 2.74 bits per heavy atom. The van der Waals surface area contributed by atoms with Crippen LogP contribution >= 0.6 is 0 Å². The molecule has 0 bridgehead atoms. The minimum absolute atomic E-state index is 0.133. The highest BCUT2D eigenvalue weighted by Gasteiger charge is 2.42. The summed E-state index contributed by atoms with van der Waals surface area (Å²) in [7, 11) is 0. The number of aromatic nitrogens is 2. The molecule has 2 heterocycles. The first-order chi connectivity index (χ1) is 14.9. The maximum Gasteiger partial charge on any atom is 0.255 e. The number of nitrogens with one attached hydrogen (secondary N) is 2. The molecule has 2 aliphatic rings. The monoisotopic (exact) mass is 424 g/mol. The van der Waals surface area contributed by atoms with Gasteiger partial charge < -0.3 is 10.6 Å². The van der Waals surface area contributed by atoms with Crippen molar-refractivity contribution in [3.63, 3.8) is 0 Å². The quantitative estimate of drug-likeness (QED) is 0.720. The lowest BCUT2D eigenvalue weighted by Gasteiger charge is -2.12. The largest absolute Gasteiger partial charge is 0.321 e. The summed E-state index contributed by atoms with van der Waals surface area (Å²) in [6, 6.07) is 4.78. The fraction of sp³-hybridized carbons (Fsp3) is 0.304. The van der Waals surface area contributed by atoms with Crippen molar-refractivity contribution >= 4 is 28.9 Å². The number of anilines is 2. The zero-order valence-corrected chi connectivity index (χ0v) is 16.8. The Balaban J connectivity index is 1.42. The Labute approximate surface area is 178 Å². The molecule has 4 rings (SSSR count). The van der Waals surface area contributed by atoms with Crippen LogP contribution in [0.5, 0.6) is 0 Å². The number of hydrogen-bond acceptors (Lipinski definition) is 4. The Morgan fingerprint density at radius 2 is 2.00 bits per heavy atom. The Bertz CT molecular complexity index is 1070.